The Balaban J connectivity index is 2.67. The highest BCUT2D eigenvalue weighted by atomic mass is 19.1. The van der Waals surface area contributed by atoms with Gasteiger partial charge in [-0.2, -0.15) is 0 Å². The topological polar surface area (TPSA) is 53.1 Å². The molecule has 19 heavy (non-hydrogen) atoms. The van der Waals surface area contributed by atoms with Gasteiger partial charge in [-0.25, -0.2) is 13.8 Å². The zero-order valence-electron chi connectivity index (χ0n) is 11.2. The maximum Gasteiger partial charge on any atom is 0.201 e. The summed E-state index contributed by atoms with van der Waals surface area (Å²) < 4.78 is 33.9. The van der Waals surface area contributed by atoms with Crippen molar-refractivity contribution in [1.82, 2.24) is 9.55 Å². The summed E-state index contributed by atoms with van der Waals surface area (Å²) in [5.41, 5.74) is 6.28. The molecule has 104 valence electrons. The number of halogens is 2. The molecule has 1 unspecified atom stereocenters. The number of nitrogens with two attached hydrogens (primary N) is 1. The fourth-order valence-corrected chi connectivity index (χ4v) is 2.22. The highest BCUT2D eigenvalue weighted by molar-refractivity contribution is 5.79. The normalized spacial score (nSPS) is 13.4. The quantitative estimate of drug-likeness (QED) is 0.928. The summed E-state index contributed by atoms with van der Waals surface area (Å²) in [5.74, 6) is -1.01. The Labute approximate surface area is 110 Å². The summed E-state index contributed by atoms with van der Waals surface area (Å²) in [5, 5.41) is 0. The standard InChI is InChI=1S/C13H17F2N3O/c1-7(2)11(6-19-3)18-10-5-8(14)4-9(15)12(10)17-13(18)16/h4-5,7,11H,6H2,1-3H3,(H2,16,17). The number of anilines is 1. The van der Waals surface area contributed by atoms with Gasteiger partial charge in [-0.3, -0.25) is 0 Å². The maximum absolute atomic E-state index is 13.7. The van der Waals surface area contributed by atoms with Crippen LogP contribution in [0.5, 0.6) is 0 Å². The maximum atomic E-state index is 13.7. The molecule has 6 heteroatoms. The Kier molecular flexibility index (Phi) is 3.71. The van der Waals surface area contributed by atoms with Crippen LogP contribution in [0.4, 0.5) is 14.7 Å². The van der Waals surface area contributed by atoms with Crippen molar-refractivity contribution in [3.63, 3.8) is 0 Å². The van der Waals surface area contributed by atoms with Crippen LogP contribution in [0.3, 0.4) is 0 Å². The highest BCUT2D eigenvalue weighted by Gasteiger charge is 2.22. The zero-order chi connectivity index (χ0) is 14.2. The van der Waals surface area contributed by atoms with Gasteiger partial charge < -0.3 is 15.0 Å². The molecule has 0 aliphatic heterocycles. The molecular weight excluding hydrogens is 252 g/mol. The first-order valence-electron chi connectivity index (χ1n) is 6.07. The number of rotatable bonds is 4. The smallest absolute Gasteiger partial charge is 0.201 e. The lowest BCUT2D eigenvalue weighted by Gasteiger charge is -2.23. The third-order valence-electron chi connectivity index (χ3n) is 3.18. The Morgan fingerprint density at radius 3 is 2.63 bits per heavy atom. The van der Waals surface area contributed by atoms with Gasteiger partial charge in [-0.05, 0) is 5.92 Å². The minimum Gasteiger partial charge on any atom is -0.383 e. The van der Waals surface area contributed by atoms with Gasteiger partial charge in [0.15, 0.2) is 5.82 Å². The third kappa shape index (κ3) is 2.40. The van der Waals surface area contributed by atoms with Crippen molar-refractivity contribution < 1.29 is 13.5 Å². The molecule has 2 rings (SSSR count). The minimum atomic E-state index is -0.708. The first kappa shape index (κ1) is 13.7. The highest BCUT2D eigenvalue weighted by Crippen LogP contribution is 2.29. The van der Waals surface area contributed by atoms with Gasteiger partial charge in [0.1, 0.15) is 11.3 Å². The Bertz CT molecular complexity index is 595. The van der Waals surface area contributed by atoms with Crippen LogP contribution < -0.4 is 5.73 Å². The van der Waals surface area contributed by atoms with Crippen LogP contribution in [0.2, 0.25) is 0 Å². The molecule has 0 saturated heterocycles. The van der Waals surface area contributed by atoms with Crippen LogP contribution >= 0.6 is 0 Å². The second-order valence-electron chi connectivity index (χ2n) is 4.86. The molecule has 0 spiro atoms. The lowest BCUT2D eigenvalue weighted by atomic mass is 10.0. The van der Waals surface area contributed by atoms with Crippen molar-refractivity contribution >= 4 is 17.0 Å². The van der Waals surface area contributed by atoms with E-state index < -0.39 is 11.6 Å². The second-order valence-corrected chi connectivity index (χ2v) is 4.86. The molecule has 4 nitrogen and oxygen atoms in total. The van der Waals surface area contributed by atoms with Gasteiger partial charge in [0.05, 0.1) is 18.2 Å². The first-order chi connectivity index (χ1) is 8.95. The minimum absolute atomic E-state index is 0.0839. The van der Waals surface area contributed by atoms with Crippen LogP contribution in [0.25, 0.3) is 11.0 Å². The Hall–Kier alpha value is -1.69. The number of ether oxygens (including phenoxy) is 1. The molecule has 1 heterocycles. The van der Waals surface area contributed by atoms with Gasteiger partial charge in [-0.1, -0.05) is 13.8 Å². The molecule has 0 radical (unpaired) electrons. The molecule has 1 atom stereocenters. The first-order valence-corrected chi connectivity index (χ1v) is 6.07. The van der Waals surface area contributed by atoms with Crippen molar-refractivity contribution in [3.05, 3.63) is 23.8 Å². The van der Waals surface area contributed by atoms with E-state index in [1.54, 1.807) is 11.7 Å². The lowest BCUT2D eigenvalue weighted by molar-refractivity contribution is 0.136. The van der Waals surface area contributed by atoms with Crippen molar-refractivity contribution in [3.8, 4) is 0 Å². The number of fused-ring (bicyclic) bond motifs is 1. The SMILES string of the molecule is COCC(C(C)C)n1c(N)nc2c(F)cc(F)cc21. The molecule has 0 aliphatic carbocycles. The van der Waals surface area contributed by atoms with Crippen molar-refractivity contribution in [2.24, 2.45) is 5.92 Å². The van der Waals surface area contributed by atoms with Crippen molar-refractivity contribution in [2.45, 2.75) is 19.9 Å². The second kappa shape index (κ2) is 5.13. The van der Waals surface area contributed by atoms with Crippen molar-refractivity contribution in [1.29, 1.82) is 0 Å². The number of imidazole rings is 1. The van der Waals surface area contributed by atoms with E-state index in [0.29, 0.717) is 12.1 Å². The fourth-order valence-electron chi connectivity index (χ4n) is 2.22. The number of aromatic nitrogens is 2. The van der Waals surface area contributed by atoms with E-state index in [0.717, 1.165) is 6.07 Å². The van der Waals surface area contributed by atoms with Crippen molar-refractivity contribution in [2.75, 3.05) is 19.5 Å². The van der Waals surface area contributed by atoms with Crippen LogP contribution in [0, 0.1) is 17.6 Å². The van der Waals surface area contributed by atoms with E-state index in [9.17, 15) is 8.78 Å². The number of nitrogen functional groups attached to an aromatic ring is 1. The van der Waals surface area contributed by atoms with E-state index in [2.05, 4.69) is 4.98 Å². The summed E-state index contributed by atoms with van der Waals surface area (Å²) >= 11 is 0. The fraction of sp³-hybridized carbons (Fsp3) is 0.462. The largest absolute Gasteiger partial charge is 0.383 e. The van der Waals surface area contributed by atoms with Crippen LogP contribution in [-0.4, -0.2) is 23.3 Å². The van der Waals surface area contributed by atoms with Gasteiger partial charge in [0, 0.05) is 19.2 Å². The third-order valence-corrected chi connectivity index (χ3v) is 3.18. The lowest BCUT2D eigenvalue weighted by Crippen LogP contribution is -2.21. The molecule has 2 aromatic rings. The summed E-state index contributed by atoms with van der Waals surface area (Å²) in [6.45, 7) is 4.38. The molecule has 0 saturated carbocycles. The molecule has 2 N–H and O–H groups in total. The molecular formula is C13H17F2N3O. The Morgan fingerprint density at radius 2 is 2.05 bits per heavy atom. The zero-order valence-corrected chi connectivity index (χ0v) is 11.2. The predicted molar refractivity (Wildman–Crippen MR) is 69.8 cm³/mol. The molecule has 0 aliphatic rings. The average molecular weight is 269 g/mol. The molecule has 1 aromatic heterocycles. The van der Waals surface area contributed by atoms with E-state index in [-0.39, 0.29) is 23.4 Å². The summed E-state index contributed by atoms with van der Waals surface area (Å²) in [6, 6.07) is 1.92. The molecule has 0 amide bonds. The van der Waals surface area contributed by atoms with Crippen LogP contribution in [-0.2, 0) is 4.74 Å². The predicted octanol–water partition coefficient (Wildman–Crippen LogP) is 2.74. The summed E-state index contributed by atoms with van der Waals surface area (Å²) in [4.78, 5) is 3.98. The van der Waals surface area contributed by atoms with Crippen LogP contribution in [0.15, 0.2) is 12.1 Å². The number of benzene rings is 1. The molecule has 0 fully saturated rings. The van der Waals surface area contributed by atoms with Gasteiger partial charge >= 0.3 is 0 Å². The summed E-state index contributed by atoms with van der Waals surface area (Å²) in [7, 11) is 1.58. The van der Waals surface area contributed by atoms with Gasteiger partial charge in [-0.15, -0.1) is 0 Å². The van der Waals surface area contributed by atoms with E-state index in [1.165, 1.54) is 6.07 Å². The number of methoxy groups -OCH3 is 1. The number of nitrogens with zero attached hydrogens (tertiary/aromatic N) is 2. The average Bonchev–Trinajstić information content (AvgIpc) is 2.63. The molecule has 0 bridgehead atoms. The molecule has 1 aromatic carbocycles. The van der Waals surface area contributed by atoms with Gasteiger partial charge in [0.2, 0.25) is 5.95 Å². The monoisotopic (exact) mass is 269 g/mol. The van der Waals surface area contributed by atoms with E-state index in [4.69, 9.17) is 10.5 Å². The van der Waals surface area contributed by atoms with E-state index >= 15 is 0 Å². The Morgan fingerprint density at radius 1 is 1.37 bits per heavy atom. The van der Waals surface area contributed by atoms with Crippen LogP contribution in [0.1, 0.15) is 19.9 Å². The number of hydrogen-bond donors (Lipinski definition) is 1. The number of hydrogen-bond acceptors (Lipinski definition) is 3. The van der Waals surface area contributed by atoms with E-state index in [1.807, 2.05) is 13.8 Å². The van der Waals surface area contributed by atoms with Gasteiger partial charge in [0.25, 0.3) is 0 Å². The summed E-state index contributed by atoms with van der Waals surface area (Å²) in [6.07, 6.45) is 0.